The highest BCUT2D eigenvalue weighted by Gasteiger charge is 2.28. The van der Waals surface area contributed by atoms with Crippen molar-refractivity contribution in [2.45, 2.75) is 58.3 Å². The molecule has 128 valence electrons. The largest absolute Gasteiger partial charge is 0.469 e. The molecule has 0 heterocycles. The molecule has 0 aliphatic heterocycles. The number of hydrogen-bond acceptors (Lipinski definition) is 4. The zero-order chi connectivity index (χ0) is 17.1. The first-order valence-corrected chi connectivity index (χ1v) is 8.50. The number of esters is 1. The molecule has 4 nitrogen and oxygen atoms in total. The zero-order valence-electron chi connectivity index (χ0n) is 14.3. The molecule has 0 N–H and O–H groups in total. The van der Waals surface area contributed by atoms with Gasteiger partial charge >= 0.3 is 5.97 Å². The lowest BCUT2D eigenvalue weighted by molar-refractivity contribution is -0.140. The van der Waals surface area contributed by atoms with Gasteiger partial charge in [0, 0.05) is 12.3 Å². The van der Waals surface area contributed by atoms with Gasteiger partial charge in [0.2, 0.25) is 0 Å². The van der Waals surface area contributed by atoms with Crippen molar-refractivity contribution < 1.29 is 19.1 Å². The highest BCUT2D eigenvalue weighted by Crippen LogP contribution is 2.30. The Morgan fingerprint density at radius 3 is 2.57 bits per heavy atom. The highest BCUT2D eigenvalue weighted by atomic mass is 16.5. The van der Waals surface area contributed by atoms with Crippen LogP contribution in [-0.4, -0.2) is 24.6 Å². The van der Waals surface area contributed by atoms with Crippen LogP contribution in [0.1, 0.15) is 58.3 Å². The van der Waals surface area contributed by atoms with E-state index in [2.05, 4.69) is 4.74 Å². The van der Waals surface area contributed by atoms with E-state index < -0.39 is 0 Å². The Bertz CT molecular complexity index is 462. The van der Waals surface area contributed by atoms with Crippen LogP contribution in [0.25, 0.3) is 0 Å². The van der Waals surface area contributed by atoms with Gasteiger partial charge in [-0.2, -0.15) is 0 Å². The Kier molecular flexibility index (Phi) is 9.18. The van der Waals surface area contributed by atoms with E-state index >= 15 is 0 Å². The number of ether oxygens (including phenoxy) is 1. The molecule has 0 bridgehead atoms. The zero-order valence-corrected chi connectivity index (χ0v) is 14.3. The first-order chi connectivity index (χ1) is 11.0. The van der Waals surface area contributed by atoms with E-state index in [0.717, 1.165) is 38.5 Å². The first-order valence-electron chi connectivity index (χ1n) is 8.50. The van der Waals surface area contributed by atoms with Crippen LogP contribution in [0, 0.1) is 11.8 Å². The second kappa shape index (κ2) is 10.9. The minimum Gasteiger partial charge on any atom is -0.469 e. The molecule has 0 fully saturated rings. The highest BCUT2D eigenvalue weighted by molar-refractivity contribution is 5.94. The minimum absolute atomic E-state index is 0.00456. The smallest absolute Gasteiger partial charge is 0.305 e. The third-order valence-electron chi connectivity index (χ3n) is 4.28. The predicted octanol–water partition coefficient (Wildman–Crippen LogP) is 3.80. The average Bonchev–Trinajstić information content (AvgIpc) is 2.86. The van der Waals surface area contributed by atoms with E-state index in [9.17, 15) is 14.4 Å². The second-order valence-electron chi connectivity index (χ2n) is 6.16. The van der Waals surface area contributed by atoms with Crippen molar-refractivity contribution in [2.75, 3.05) is 7.11 Å². The number of hydrogen-bond donors (Lipinski definition) is 0. The molecule has 0 radical (unpaired) electrons. The van der Waals surface area contributed by atoms with Crippen molar-refractivity contribution in [1.82, 2.24) is 0 Å². The maximum atomic E-state index is 11.9. The second-order valence-corrected chi connectivity index (χ2v) is 6.16. The summed E-state index contributed by atoms with van der Waals surface area (Å²) in [6.45, 7) is 1.52. The molecule has 0 spiro atoms. The van der Waals surface area contributed by atoms with Crippen molar-refractivity contribution in [3.63, 3.8) is 0 Å². The molecule has 0 aromatic heterocycles. The molecular formula is C19H28O4. The van der Waals surface area contributed by atoms with Crippen LogP contribution in [0.15, 0.2) is 24.3 Å². The molecule has 0 aromatic carbocycles. The summed E-state index contributed by atoms with van der Waals surface area (Å²) < 4.78 is 4.61. The van der Waals surface area contributed by atoms with E-state index in [1.165, 1.54) is 14.0 Å². The van der Waals surface area contributed by atoms with Gasteiger partial charge in [0.1, 0.15) is 0 Å². The van der Waals surface area contributed by atoms with Gasteiger partial charge in [0.25, 0.3) is 0 Å². The van der Waals surface area contributed by atoms with Crippen LogP contribution in [0.5, 0.6) is 0 Å². The first kappa shape index (κ1) is 19.3. The number of unbranched alkanes of at least 4 members (excludes halogenated alkanes) is 4. The van der Waals surface area contributed by atoms with Crippen molar-refractivity contribution in [2.24, 2.45) is 11.8 Å². The van der Waals surface area contributed by atoms with Crippen molar-refractivity contribution >= 4 is 17.5 Å². The fraction of sp³-hybridized carbons (Fsp3) is 0.632. The summed E-state index contributed by atoms with van der Waals surface area (Å²) in [5.41, 5.74) is 0. The molecule has 1 rings (SSSR count). The van der Waals surface area contributed by atoms with E-state index in [1.807, 2.05) is 12.2 Å². The summed E-state index contributed by atoms with van der Waals surface area (Å²) in [6.07, 6.45) is 14.5. The molecule has 23 heavy (non-hydrogen) atoms. The van der Waals surface area contributed by atoms with Gasteiger partial charge < -0.3 is 4.74 Å². The normalized spacial score (nSPS) is 20.3. The lowest BCUT2D eigenvalue weighted by atomic mass is 9.87. The number of allylic oxidation sites excluding steroid dienone is 4. The maximum Gasteiger partial charge on any atom is 0.305 e. The molecule has 2 atom stereocenters. The summed E-state index contributed by atoms with van der Waals surface area (Å²) in [4.78, 5) is 33.8. The third-order valence-corrected chi connectivity index (χ3v) is 4.28. The fourth-order valence-corrected chi connectivity index (χ4v) is 2.94. The van der Waals surface area contributed by atoms with Crippen LogP contribution in [0.2, 0.25) is 0 Å². The van der Waals surface area contributed by atoms with Gasteiger partial charge in [-0.25, -0.2) is 0 Å². The van der Waals surface area contributed by atoms with Gasteiger partial charge in [-0.3, -0.25) is 14.4 Å². The summed E-state index contributed by atoms with van der Waals surface area (Å²) in [5.74, 6) is 0.369. The number of methoxy groups -OCH3 is 1. The molecule has 0 saturated heterocycles. The fourth-order valence-electron chi connectivity index (χ4n) is 2.94. The van der Waals surface area contributed by atoms with Gasteiger partial charge in [0.05, 0.1) is 7.11 Å². The van der Waals surface area contributed by atoms with Crippen LogP contribution in [0.4, 0.5) is 0 Å². The van der Waals surface area contributed by atoms with Gasteiger partial charge in [-0.15, -0.1) is 0 Å². The van der Waals surface area contributed by atoms with Crippen LogP contribution >= 0.6 is 0 Å². The van der Waals surface area contributed by atoms with Crippen molar-refractivity contribution in [1.29, 1.82) is 0 Å². The van der Waals surface area contributed by atoms with Crippen LogP contribution < -0.4 is 0 Å². The van der Waals surface area contributed by atoms with Crippen LogP contribution in [0.3, 0.4) is 0 Å². The summed E-state index contributed by atoms with van der Waals surface area (Å²) >= 11 is 0. The number of rotatable bonds is 11. The minimum atomic E-state index is -0.138. The quantitative estimate of drug-likeness (QED) is 0.330. The molecule has 1 aliphatic carbocycles. The number of carbonyl (C=O) groups is 3. The molecule has 4 heteroatoms. The van der Waals surface area contributed by atoms with E-state index in [0.29, 0.717) is 18.8 Å². The molecule has 2 unspecified atom stereocenters. The summed E-state index contributed by atoms with van der Waals surface area (Å²) in [7, 11) is 1.42. The Hall–Kier alpha value is -1.71. The Labute approximate surface area is 139 Å². The maximum absolute atomic E-state index is 11.9. The van der Waals surface area contributed by atoms with E-state index in [-0.39, 0.29) is 23.5 Å². The Morgan fingerprint density at radius 2 is 1.87 bits per heavy atom. The molecule has 0 saturated carbocycles. The van der Waals surface area contributed by atoms with Crippen molar-refractivity contribution in [3.8, 4) is 0 Å². The standard InChI is InChI=1S/C19H28O4/c1-15(20)9-8-11-17-16(13-14-18(17)21)10-6-4-3-5-7-12-19(22)23-2/h8-9,13-14,16-17H,3-7,10-12H2,1-2H3. The molecule has 0 amide bonds. The SMILES string of the molecule is COC(=O)CCCCCCCC1C=CC(=O)C1CC=CC(C)=O. The van der Waals surface area contributed by atoms with Gasteiger partial charge in [0.15, 0.2) is 11.6 Å². The third kappa shape index (κ3) is 7.91. The lowest BCUT2D eigenvalue weighted by Crippen LogP contribution is -2.15. The molecular weight excluding hydrogens is 292 g/mol. The van der Waals surface area contributed by atoms with Gasteiger partial charge in [-0.1, -0.05) is 37.8 Å². The number of carbonyl (C=O) groups excluding carboxylic acids is 3. The van der Waals surface area contributed by atoms with E-state index in [4.69, 9.17) is 0 Å². The Morgan fingerprint density at radius 1 is 1.17 bits per heavy atom. The van der Waals surface area contributed by atoms with Crippen LogP contribution in [-0.2, 0) is 19.1 Å². The van der Waals surface area contributed by atoms with Gasteiger partial charge in [-0.05, 0) is 44.3 Å². The Balaban J connectivity index is 2.17. The number of ketones is 2. The lowest BCUT2D eigenvalue weighted by Gasteiger charge is -2.16. The topological polar surface area (TPSA) is 60.4 Å². The van der Waals surface area contributed by atoms with Crippen molar-refractivity contribution in [3.05, 3.63) is 24.3 Å². The van der Waals surface area contributed by atoms with E-state index in [1.54, 1.807) is 12.2 Å². The molecule has 0 aromatic rings. The predicted molar refractivity (Wildman–Crippen MR) is 89.9 cm³/mol. The molecule has 1 aliphatic rings. The summed E-state index contributed by atoms with van der Waals surface area (Å²) in [6, 6.07) is 0. The average molecular weight is 320 g/mol. The monoisotopic (exact) mass is 320 g/mol. The summed E-state index contributed by atoms with van der Waals surface area (Å²) in [5, 5.41) is 0.